The zero-order chi connectivity index (χ0) is 71.5. The molecule has 3 aromatic heterocycles. The maximum Gasteiger partial charge on any atom is 0.523 e. The van der Waals surface area contributed by atoms with Crippen molar-refractivity contribution in [3.8, 4) is 0 Å². The van der Waals surface area contributed by atoms with Crippen LogP contribution in [0.5, 0.6) is 0 Å². The second-order valence-corrected chi connectivity index (χ2v) is 39.6. The molecule has 2 aliphatic heterocycles. The topological polar surface area (TPSA) is 172 Å². The molecule has 0 bridgehead atoms. The molecule has 0 spiro atoms. The molecule has 0 unspecified atom stereocenters. The first-order chi connectivity index (χ1) is 44.6. The standard InChI is InChI=1S/C29H37N3O2Si.C27H33N3O2Si.C16H28N2.C3H5F3O3S/c1-7-33-28-31-25(27(30-22(2)3)26-19-14-20-32(26)28)21-34-35(29(4,5)6,23-15-10-8-11-16-23)24-17-12-9-13-18-24;1-20(2)28-25-23(29-26(31)30-18-12-17-24(25)30)19-32-33(27(3,4)5,21-13-8-6-9-14-21)22-15-10-7-11-16-22;1-14(2,3)11-10-12(15(4,5)6)18-13(17-11)16(7,8)9;1-2-9-10(7,8)3(4,5)6/h8-20,25,27,30H,2,7,21H2,1,3-6H3;6-18,23,25,28H,1,19H2,2-5H3,(H,29,31);10H,1-9H3;2H2,1H3/t25-,27-;23-,25-;;/m00../s1. The van der Waals surface area contributed by atoms with Gasteiger partial charge in [0.2, 0.25) is 0 Å². The molecule has 0 fully saturated rings. The second kappa shape index (κ2) is 31.4. The van der Waals surface area contributed by atoms with E-state index in [1.807, 2.05) is 61.9 Å². The molecule has 21 heteroatoms. The molecule has 0 saturated carbocycles. The summed E-state index contributed by atoms with van der Waals surface area (Å²) in [5.74, 6) is 0.944. The van der Waals surface area contributed by atoms with Gasteiger partial charge in [0, 0.05) is 51.4 Å². The molecule has 520 valence electrons. The Kier molecular flexibility index (Phi) is 25.4. The fourth-order valence-corrected chi connectivity index (χ4v) is 21.4. The summed E-state index contributed by atoms with van der Waals surface area (Å²) >= 11 is 0. The Labute approximate surface area is 571 Å². The Morgan fingerprint density at radius 3 is 1.28 bits per heavy atom. The smallest absolute Gasteiger partial charge is 0.465 e. The van der Waals surface area contributed by atoms with Crippen LogP contribution >= 0.6 is 0 Å². The lowest BCUT2D eigenvalue weighted by atomic mass is 9.85. The van der Waals surface area contributed by atoms with Crippen molar-refractivity contribution >= 4 is 59.6 Å². The van der Waals surface area contributed by atoms with Gasteiger partial charge in [-0.1, -0.05) is 238 Å². The van der Waals surface area contributed by atoms with Crippen LogP contribution in [0.3, 0.4) is 0 Å². The molecule has 0 radical (unpaired) electrons. The fourth-order valence-electron chi connectivity index (χ4n) is 11.8. The molecule has 9 rings (SSSR count). The summed E-state index contributed by atoms with van der Waals surface area (Å²) in [5.41, 5.74) is 0.823. The first kappa shape index (κ1) is 77.6. The molecular weight excluding hydrogens is 1270 g/mol. The van der Waals surface area contributed by atoms with E-state index in [1.165, 1.54) is 20.7 Å². The summed E-state index contributed by atoms with van der Waals surface area (Å²) in [7, 11) is -10.7. The van der Waals surface area contributed by atoms with Crippen LogP contribution in [0.2, 0.25) is 10.1 Å². The van der Waals surface area contributed by atoms with E-state index in [4.69, 9.17) is 28.5 Å². The minimum Gasteiger partial charge on any atom is -0.465 e. The SMILES string of the molecule is C=C(C)N[C@@H]1c2cccn2C(=O)N[C@H]1CO[Si](c1ccccc1)(c1ccccc1)C(C)(C)C.C=C(C)N[C@@H]1c2cccn2C(OCC)=N[C@H]1CO[Si](c1ccccc1)(c1ccccc1)C(C)(C)C.CC(C)(C)c1cc(C(C)(C)C)nc(C(C)(C)C)n1.CCOS(=O)(=O)C(F)(F)F. The lowest BCUT2D eigenvalue weighted by molar-refractivity contribution is -0.0539. The average Bonchev–Trinajstić information content (AvgIpc) is 0.829. The van der Waals surface area contributed by atoms with Crippen LogP contribution in [-0.2, 0) is 44.1 Å². The Hall–Kier alpha value is -7.41. The number of halogens is 3. The van der Waals surface area contributed by atoms with Gasteiger partial charge in [0.25, 0.3) is 22.7 Å². The summed E-state index contributed by atoms with van der Waals surface area (Å²) in [4.78, 5) is 27.4. The highest BCUT2D eigenvalue weighted by atomic mass is 32.2. The van der Waals surface area contributed by atoms with Gasteiger partial charge in [-0.2, -0.15) is 21.6 Å². The van der Waals surface area contributed by atoms with E-state index in [0.29, 0.717) is 25.8 Å². The van der Waals surface area contributed by atoms with Crippen molar-refractivity contribution in [1.29, 1.82) is 0 Å². The molecule has 7 aromatic rings. The van der Waals surface area contributed by atoms with Crippen molar-refractivity contribution in [2.75, 3.05) is 26.4 Å². The third kappa shape index (κ3) is 18.6. The van der Waals surface area contributed by atoms with E-state index < -0.39 is 38.9 Å². The molecule has 5 heterocycles. The summed E-state index contributed by atoms with van der Waals surface area (Å²) < 4.78 is 81.1. The number of amides is 1. The number of alkyl halides is 3. The number of ether oxygens (including phenoxy) is 1. The number of carbonyl (C=O) groups is 1. The highest BCUT2D eigenvalue weighted by Crippen LogP contribution is 2.40. The zero-order valence-corrected chi connectivity index (χ0v) is 62.6. The van der Waals surface area contributed by atoms with Crippen molar-refractivity contribution in [2.24, 2.45) is 4.99 Å². The van der Waals surface area contributed by atoms with Gasteiger partial charge in [0.15, 0.2) is 0 Å². The predicted molar refractivity (Wildman–Crippen MR) is 388 cm³/mol. The Morgan fingerprint density at radius 2 is 0.938 bits per heavy atom. The monoisotopic (exact) mass is 1370 g/mol. The van der Waals surface area contributed by atoms with Gasteiger partial charge < -0.3 is 29.5 Å². The van der Waals surface area contributed by atoms with Crippen molar-refractivity contribution < 1.29 is 44.2 Å². The molecular formula is C75H103F3N8O7SSi2. The average molecular weight is 1370 g/mol. The molecule has 0 saturated heterocycles. The number of carbonyl (C=O) groups excluding carboxylic acids is 1. The molecule has 4 atom stereocenters. The van der Waals surface area contributed by atoms with E-state index in [1.54, 1.807) is 10.8 Å². The molecule has 96 heavy (non-hydrogen) atoms. The van der Waals surface area contributed by atoms with Crippen LogP contribution in [-0.4, -0.2) is 100 Å². The number of aromatic nitrogens is 4. The van der Waals surface area contributed by atoms with Crippen molar-refractivity contribution in [2.45, 2.75) is 188 Å². The van der Waals surface area contributed by atoms with Gasteiger partial charge in [0.05, 0.1) is 55.9 Å². The molecule has 2 aliphatic rings. The molecule has 4 aromatic carbocycles. The maximum absolute atomic E-state index is 12.8. The van der Waals surface area contributed by atoms with E-state index in [0.717, 1.165) is 46.9 Å². The number of hydrogen-bond donors (Lipinski definition) is 3. The first-order valence-corrected chi connectivity index (χ1v) is 37.9. The lowest BCUT2D eigenvalue weighted by Gasteiger charge is -2.45. The highest BCUT2D eigenvalue weighted by molar-refractivity contribution is 7.87. The maximum atomic E-state index is 12.8. The Bertz CT molecular complexity index is 3670. The zero-order valence-electron chi connectivity index (χ0n) is 59.8. The number of rotatable bonds is 17. The van der Waals surface area contributed by atoms with Crippen LogP contribution in [0.4, 0.5) is 18.0 Å². The number of nitrogens with zero attached hydrogens (tertiary/aromatic N) is 5. The van der Waals surface area contributed by atoms with Gasteiger partial charge in [-0.05, 0) is 88.9 Å². The summed E-state index contributed by atoms with van der Waals surface area (Å²) in [6.07, 6.45) is 3.78. The number of fused-ring (bicyclic) bond motifs is 2. The number of allylic oxidation sites excluding steroid dienone is 2. The normalized spacial score (nSPS) is 16.9. The largest absolute Gasteiger partial charge is 0.523 e. The molecule has 0 aliphatic carbocycles. The highest BCUT2D eigenvalue weighted by Gasteiger charge is 2.53. The first-order valence-electron chi connectivity index (χ1n) is 32.7. The van der Waals surface area contributed by atoms with Crippen molar-refractivity contribution in [3.05, 3.63) is 217 Å². The summed E-state index contributed by atoms with van der Waals surface area (Å²) in [6.45, 7) is 49.5. The lowest BCUT2D eigenvalue weighted by Crippen LogP contribution is -2.68. The Morgan fingerprint density at radius 1 is 0.552 bits per heavy atom. The predicted octanol–water partition coefficient (Wildman–Crippen LogP) is 14.3. The number of hydrogen-bond acceptors (Lipinski definition) is 12. The van der Waals surface area contributed by atoms with E-state index in [-0.39, 0.29) is 56.5 Å². The van der Waals surface area contributed by atoms with Crippen LogP contribution in [0.15, 0.2) is 194 Å². The quantitative estimate of drug-likeness (QED) is 0.0450. The number of benzene rings is 4. The van der Waals surface area contributed by atoms with Gasteiger partial charge in [-0.25, -0.2) is 19.8 Å². The third-order valence-corrected chi connectivity index (χ3v) is 27.5. The number of aliphatic imine (C=N–C) groups is 1. The molecule has 1 amide bonds. The number of nitrogens with one attached hydrogen (secondary N) is 3. The summed E-state index contributed by atoms with van der Waals surface area (Å²) in [6, 6.07) is 52.6. The van der Waals surface area contributed by atoms with Crippen LogP contribution in [0.1, 0.15) is 172 Å². The van der Waals surface area contributed by atoms with Crippen LogP contribution in [0.25, 0.3) is 0 Å². The second-order valence-electron chi connectivity index (χ2n) is 29.3. The van der Waals surface area contributed by atoms with E-state index >= 15 is 0 Å². The van der Waals surface area contributed by atoms with E-state index in [9.17, 15) is 26.4 Å². The van der Waals surface area contributed by atoms with Crippen molar-refractivity contribution in [3.63, 3.8) is 0 Å². The van der Waals surface area contributed by atoms with Gasteiger partial charge in [-0.3, -0.25) is 13.3 Å². The summed E-state index contributed by atoms with van der Waals surface area (Å²) in [5, 5.41) is 14.9. The Balaban J connectivity index is 0.000000221. The van der Waals surface area contributed by atoms with Crippen LogP contribution < -0.4 is 36.7 Å². The minimum atomic E-state index is -5.35. The molecule has 15 nitrogen and oxygen atoms in total. The van der Waals surface area contributed by atoms with Gasteiger partial charge in [0.1, 0.15) is 11.9 Å². The molecule has 3 N–H and O–H groups in total. The van der Waals surface area contributed by atoms with Crippen LogP contribution in [0, 0.1) is 0 Å². The van der Waals surface area contributed by atoms with Crippen molar-refractivity contribution in [1.82, 2.24) is 35.1 Å². The third-order valence-electron chi connectivity index (χ3n) is 16.3. The minimum absolute atomic E-state index is 0.0126. The van der Waals surface area contributed by atoms with Gasteiger partial charge >= 0.3 is 21.7 Å². The fraction of sp³-hybridized carbons (Fsp3) is 0.440. The van der Waals surface area contributed by atoms with E-state index in [2.05, 4.69) is 258 Å². The van der Waals surface area contributed by atoms with Gasteiger partial charge in [-0.15, -0.1) is 0 Å².